The minimum atomic E-state index is -3.90. The Morgan fingerprint density at radius 1 is 1.00 bits per heavy atom. The van der Waals surface area contributed by atoms with Crippen molar-refractivity contribution in [3.63, 3.8) is 0 Å². The van der Waals surface area contributed by atoms with Gasteiger partial charge >= 0.3 is 5.97 Å². The standard InChI is InChI=1S/C24H26N2O6S/c1-15-10-11-20(33(29,30)25-14-19-9-6-12-31-19)13-21(15)24(28)32-18(4)23(27)26-22-16(2)7-5-8-17(22)3/h5-13,18,25H,14H2,1-4H3,(H,26,27). The number of benzene rings is 2. The van der Waals surface area contributed by atoms with Crippen LogP contribution in [0, 0.1) is 20.8 Å². The van der Waals surface area contributed by atoms with Crippen molar-refractivity contribution in [2.75, 3.05) is 5.32 Å². The van der Waals surface area contributed by atoms with Crippen LogP contribution in [-0.2, 0) is 26.1 Å². The second-order valence-corrected chi connectivity index (χ2v) is 9.45. The highest BCUT2D eigenvalue weighted by Crippen LogP contribution is 2.21. The summed E-state index contributed by atoms with van der Waals surface area (Å²) in [6.07, 6.45) is 0.356. The normalized spacial score (nSPS) is 12.2. The summed E-state index contributed by atoms with van der Waals surface area (Å²) >= 11 is 0. The van der Waals surface area contributed by atoms with Crippen LogP contribution in [0.5, 0.6) is 0 Å². The van der Waals surface area contributed by atoms with E-state index in [1.165, 1.54) is 31.4 Å². The average molecular weight is 471 g/mol. The Balaban J connectivity index is 1.72. The number of hydrogen-bond acceptors (Lipinski definition) is 6. The van der Waals surface area contributed by atoms with Crippen LogP contribution in [0.25, 0.3) is 0 Å². The molecule has 0 fully saturated rings. The van der Waals surface area contributed by atoms with Crippen molar-refractivity contribution >= 4 is 27.6 Å². The lowest BCUT2D eigenvalue weighted by molar-refractivity contribution is -0.123. The molecule has 1 amide bonds. The lowest BCUT2D eigenvalue weighted by atomic mass is 10.1. The second-order valence-electron chi connectivity index (χ2n) is 7.68. The SMILES string of the molecule is Cc1ccc(S(=O)(=O)NCc2ccco2)cc1C(=O)OC(C)C(=O)Nc1c(C)cccc1C. The van der Waals surface area contributed by atoms with E-state index in [-0.39, 0.29) is 17.0 Å². The van der Waals surface area contributed by atoms with E-state index in [1.807, 2.05) is 32.0 Å². The van der Waals surface area contributed by atoms with Gasteiger partial charge in [0.1, 0.15) is 5.76 Å². The van der Waals surface area contributed by atoms with Crippen LogP contribution in [0.1, 0.15) is 39.7 Å². The van der Waals surface area contributed by atoms with E-state index < -0.39 is 28.0 Å². The van der Waals surface area contributed by atoms with Gasteiger partial charge in [-0.1, -0.05) is 24.3 Å². The number of nitrogens with one attached hydrogen (secondary N) is 2. The van der Waals surface area contributed by atoms with Gasteiger partial charge in [0.2, 0.25) is 10.0 Å². The molecule has 174 valence electrons. The molecule has 0 bridgehead atoms. The van der Waals surface area contributed by atoms with Crippen LogP contribution in [0.3, 0.4) is 0 Å². The maximum absolute atomic E-state index is 12.8. The molecule has 0 saturated heterocycles. The number of hydrogen-bond donors (Lipinski definition) is 2. The molecule has 3 aromatic rings. The van der Waals surface area contributed by atoms with E-state index in [1.54, 1.807) is 19.1 Å². The van der Waals surface area contributed by atoms with Gasteiger partial charge in [-0.15, -0.1) is 0 Å². The van der Waals surface area contributed by atoms with Gasteiger partial charge in [0.15, 0.2) is 6.10 Å². The first kappa shape index (κ1) is 24.2. The molecule has 2 aromatic carbocycles. The molecule has 8 nitrogen and oxygen atoms in total. The highest BCUT2D eigenvalue weighted by molar-refractivity contribution is 7.89. The zero-order chi connectivity index (χ0) is 24.2. The number of anilines is 1. The molecule has 0 radical (unpaired) electrons. The lowest BCUT2D eigenvalue weighted by Crippen LogP contribution is -2.31. The third-order valence-electron chi connectivity index (χ3n) is 5.14. The molecule has 3 rings (SSSR count). The number of carbonyl (C=O) groups excluding carboxylic acids is 2. The minimum absolute atomic E-state index is 0.0293. The molecule has 0 aliphatic heterocycles. The van der Waals surface area contributed by atoms with Crippen molar-refractivity contribution in [2.45, 2.75) is 45.2 Å². The monoisotopic (exact) mass is 470 g/mol. The fraction of sp³-hybridized carbons (Fsp3) is 0.250. The molecule has 33 heavy (non-hydrogen) atoms. The van der Waals surface area contributed by atoms with E-state index in [2.05, 4.69) is 10.0 Å². The zero-order valence-electron chi connectivity index (χ0n) is 18.8. The van der Waals surface area contributed by atoms with Gasteiger partial charge in [-0.3, -0.25) is 4.79 Å². The zero-order valence-corrected chi connectivity index (χ0v) is 19.7. The predicted octanol–water partition coefficient (Wildman–Crippen LogP) is 3.87. The maximum atomic E-state index is 12.8. The third-order valence-corrected chi connectivity index (χ3v) is 6.54. The summed E-state index contributed by atoms with van der Waals surface area (Å²) in [6, 6.07) is 13.1. The van der Waals surface area contributed by atoms with Crippen molar-refractivity contribution in [3.8, 4) is 0 Å². The first-order valence-corrected chi connectivity index (χ1v) is 11.8. The summed E-state index contributed by atoms with van der Waals surface area (Å²) in [4.78, 5) is 25.2. The first-order chi connectivity index (χ1) is 15.6. The fourth-order valence-electron chi connectivity index (χ4n) is 3.16. The summed E-state index contributed by atoms with van der Waals surface area (Å²) in [5.41, 5.74) is 3.02. The molecule has 2 N–H and O–H groups in total. The fourth-order valence-corrected chi connectivity index (χ4v) is 4.18. The van der Waals surface area contributed by atoms with Crippen molar-refractivity contribution in [3.05, 3.63) is 82.8 Å². The van der Waals surface area contributed by atoms with Crippen LogP contribution in [-0.4, -0.2) is 26.4 Å². The van der Waals surface area contributed by atoms with Gasteiger partial charge in [0, 0.05) is 5.69 Å². The molecule has 1 aromatic heterocycles. The highest BCUT2D eigenvalue weighted by atomic mass is 32.2. The summed E-state index contributed by atoms with van der Waals surface area (Å²) in [5.74, 6) is -0.823. The van der Waals surface area contributed by atoms with Crippen LogP contribution < -0.4 is 10.0 Å². The Kier molecular flexibility index (Phi) is 7.35. The molecule has 1 unspecified atom stereocenters. The minimum Gasteiger partial charge on any atom is -0.468 e. The lowest BCUT2D eigenvalue weighted by Gasteiger charge is -2.17. The molecule has 1 atom stereocenters. The Morgan fingerprint density at radius 2 is 1.70 bits per heavy atom. The van der Waals surface area contributed by atoms with Crippen molar-refractivity contribution in [1.29, 1.82) is 0 Å². The maximum Gasteiger partial charge on any atom is 0.339 e. The van der Waals surface area contributed by atoms with E-state index in [0.717, 1.165) is 11.1 Å². The molecule has 0 spiro atoms. The van der Waals surface area contributed by atoms with Crippen LogP contribution in [0.4, 0.5) is 5.69 Å². The summed E-state index contributed by atoms with van der Waals surface area (Å²) < 4.78 is 38.2. The Bertz CT molecular complexity index is 1250. The topological polar surface area (TPSA) is 115 Å². The van der Waals surface area contributed by atoms with Crippen molar-refractivity contribution in [1.82, 2.24) is 4.72 Å². The molecule has 0 saturated carbocycles. The number of esters is 1. The predicted molar refractivity (Wildman–Crippen MR) is 123 cm³/mol. The smallest absolute Gasteiger partial charge is 0.339 e. The second kappa shape index (κ2) is 10.0. The quantitative estimate of drug-likeness (QED) is 0.483. The highest BCUT2D eigenvalue weighted by Gasteiger charge is 2.23. The van der Waals surface area contributed by atoms with E-state index in [9.17, 15) is 18.0 Å². The van der Waals surface area contributed by atoms with Gasteiger partial charge in [-0.25, -0.2) is 17.9 Å². The van der Waals surface area contributed by atoms with E-state index >= 15 is 0 Å². The summed E-state index contributed by atoms with van der Waals surface area (Å²) in [5, 5.41) is 2.78. The van der Waals surface area contributed by atoms with Crippen molar-refractivity contribution in [2.24, 2.45) is 0 Å². The molecule has 1 heterocycles. The Labute approximate surface area is 193 Å². The summed E-state index contributed by atoms with van der Waals surface area (Å²) in [7, 11) is -3.90. The van der Waals surface area contributed by atoms with Crippen LogP contribution >= 0.6 is 0 Å². The number of aryl methyl sites for hydroxylation is 3. The molecule has 9 heteroatoms. The van der Waals surface area contributed by atoms with Crippen molar-refractivity contribution < 1.29 is 27.2 Å². The molecular formula is C24H26N2O6S. The number of amides is 1. The number of rotatable bonds is 8. The largest absolute Gasteiger partial charge is 0.468 e. The van der Waals surface area contributed by atoms with E-state index in [4.69, 9.17) is 9.15 Å². The Hall–Kier alpha value is -3.43. The number of carbonyl (C=O) groups is 2. The average Bonchev–Trinajstić information content (AvgIpc) is 3.28. The van der Waals surface area contributed by atoms with Crippen LogP contribution in [0.15, 0.2) is 64.1 Å². The molecule has 0 aliphatic rings. The Morgan fingerprint density at radius 3 is 2.33 bits per heavy atom. The van der Waals surface area contributed by atoms with E-state index in [0.29, 0.717) is 17.0 Å². The number of furan rings is 1. The van der Waals surface area contributed by atoms with Gasteiger partial charge in [0.05, 0.1) is 23.3 Å². The molecule has 0 aliphatic carbocycles. The van der Waals surface area contributed by atoms with Gasteiger partial charge in [-0.2, -0.15) is 0 Å². The number of para-hydroxylation sites is 1. The number of sulfonamides is 1. The summed E-state index contributed by atoms with van der Waals surface area (Å²) in [6.45, 7) is 6.83. The molecular weight excluding hydrogens is 444 g/mol. The van der Waals surface area contributed by atoms with Crippen LogP contribution in [0.2, 0.25) is 0 Å². The number of ether oxygens (including phenoxy) is 1. The van der Waals surface area contributed by atoms with Gasteiger partial charge in [0.25, 0.3) is 5.91 Å². The van der Waals surface area contributed by atoms with Gasteiger partial charge < -0.3 is 14.5 Å². The first-order valence-electron chi connectivity index (χ1n) is 10.3. The third kappa shape index (κ3) is 5.88. The van der Waals surface area contributed by atoms with Gasteiger partial charge in [-0.05, 0) is 68.7 Å².